The molecule has 1 rings (SSSR count). The molecule has 0 atom stereocenters. The van der Waals surface area contributed by atoms with E-state index in [2.05, 4.69) is 5.16 Å². The zero-order valence-electron chi connectivity index (χ0n) is 10.7. The van der Waals surface area contributed by atoms with Crippen molar-refractivity contribution in [3.05, 3.63) is 29.8 Å². The highest BCUT2D eigenvalue weighted by Gasteiger charge is 2.09. The average molecular weight is 250 g/mol. The van der Waals surface area contributed by atoms with Crippen LogP contribution in [0.5, 0.6) is 5.75 Å². The van der Waals surface area contributed by atoms with Gasteiger partial charge < -0.3 is 14.8 Å². The summed E-state index contributed by atoms with van der Waals surface area (Å²) in [6, 6.07) is 6.76. The standard InChI is InChI=1S/C13H18N2O3/c1-3-15(4-2)13(17)10-18-14-9-11-7-5-6-8-12(11)16/h5-9,16H,3-4,10H2,1-2H3. The van der Waals surface area contributed by atoms with Gasteiger partial charge in [0.05, 0.1) is 6.21 Å². The summed E-state index contributed by atoms with van der Waals surface area (Å²) in [6.45, 7) is 5.04. The number of hydrogen-bond donors (Lipinski definition) is 1. The molecule has 0 aliphatic carbocycles. The lowest BCUT2D eigenvalue weighted by atomic mass is 10.2. The first-order chi connectivity index (χ1) is 8.69. The Morgan fingerprint density at radius 3 is 2.67 bits per heavy atom. The number of hydrogen-bond acceptors (Lipinski definition) is 4. The number of benzene rings is 1. The van der Waals surface area contributed by atoms with E-state index in [0.29, 0.717) is 18.7 Å². The molecule has 0 radical (unpaired) electrons. The lowest BCUT2D eigenvalue weighted by Gasteiger charge is -2.17. The summed E-state index contributed by atoms with van der Waals surface area (Å²) in [5.74, 6) is 0.0225. The normalized spacial score (nSPS) is 10.6. The summed E-state index contributed by atoms with van der Waals surface area (Å²) in [4.78, 5) is 18.1. The van der Waals surface area contributed by atoms with Gasteiger partial charge in [-0.3, -0.25) is 4.79 Å². The van der Waals surface area contributed by atoms with Crippen LogP contribution >= 0.6 is 0 Å². The van der Waals surface area contributed by atoms with Gasteiger partial charge in [0.15, 0.2) is 6.61 Å². The average Bonchev–Trinajstić information content (AvgIpc) is 2.38. The van der Waals surface area contributed by atoms with Crippen molar-refractivity contribution in [1.29, 1.82) is 0 Å². The van der Waals surface area contributed by atoms with E-state index in [1.807, 2.05) is 13.8 Å². The SMILES string of the molecule is CCN(CC)C(=O)CON=Cc1ccccc1O. The second-order valence-electron chi connectivity index (χ2n) is 3.63. The van der Waals surface area contributed by atoms with Crippen LogP contribution < -0.4 is 0 Å². The molecule has 0 saturated carbocycles. The topological polar surface area (TPSA) is 62.1 Å². The predicted molar refractivity (Wildman–Crippen MR) is 69.6 cm³/mol. The van der Waals surface area contributed by atoms with E-state index in [1.54, 1.807) is 29.2 Å². The second-order valence-corrected chi connectivity index (χ2v) is 3.63. The van der Waals surface area contributed by atoms with Crippen molar-refractivity contribution >= 4 is 12.1 Å². The Labute approximate surface area is 107 Å². The van der Waals surface area contributed by atoms with Crippen LogP contribution in [0.25, 0.3) is 0 Å². The van der Waals surface area contributed by atoms with E-state index in [-0.39, 0.29) is 18.3 Å². The molecule has 1 amide bonds. The first-order valence-electron chi connectivity index (χ1n) is 5.90. The molecule has 1 aromatic rings. The van der Waals surface area contributed by atoms with E-state index in [4.69, 9.17) is 4.84 Å². The fraction of sp³-hybridized carbons (Fsp3) is 0.385. The van der Waals surface area contributed by atoms with E-state index in [0.717, 1.165) is 0 Å². The quantitative estimate of drug-likeness (QED) is 0.616. The third kappa shape index (κ3) is 4.08. The molecule has 18 heavy (non-hydrogen) atoms. The van der Waals surface area contributed by atoms with Gasteiger partial charge in [0.1, 0.15) is 5.75 Å². The van der Waals surface area contributed by atoms with Crippen molar-refractivity contribution in [2.75, 3.05) is 19.7 Å². The zero-order chi connectivity index (χ0) is 13.4. The van der Waals surface area contributed by atoms with E-state index < -0.39 is 0 Å². The molecule has 0 unspecified atom stereocenters. The molecule has 5 heteroatoms. The number of phenolic OH excluding ortho intramolecular Hbond substituents is 1. The van der Waals surface area contributed by atoms with E-state index >= 15 is 0 Å². The lowest BCUT2D eigenvalue weighted by Crippen LogP contribution is -2.33. The summed E-state index contributed by atoms with van der Waals surface area (Å²) >= 11 is 0. The smallest absolute Gasteiger partial charge is 0.263 e. The number of para-hydroxylation sites is 1. The van der Waals surface area contributed by atoms with Crippen LogP contribution in [0.1, 0.15) is 19.4 Å². The highest BCUT2D eigenvalue weighted by molar-refractivity contribution is 5.83. The fourth-order valence-corrected chi connectivity index (χ4v) is 1.45. The number of nitrogens with zero attached hydrogens (tertiary/aromatic N) is 2. The minimum absolute atomic E-state index is 0.0915. The highest BCUT2D eigenvalue weighted by atomic mass is 16.6. The molecule has 0 saturated heterocycles. The Balaban J connectivity index is 2.42. The van der Waals surface area contributed by atoms with Crippen LogP contribution in [-0.2, 0) is 9.63 Å². The molecule has 5 nitrogen and oxygen atoms in total. The molecule has 0 aromatic heterocycles. The van der Waals surface area contributed by atoms with Gasteiger partial charge in [0.25, 0.3) is 5.91 Å². The lowest BCUT2D eigenvalue weighted by molar-refractivity contribution is -0.135. The first kappa shape index (κ1) is 14.0. The van der Waals surface area contributed by atoms with Crippen LogP contribution in [0.3, 0.4) is 0 Å². The molecule has 0 heterocycles. The van der Waals surface area contributed by atoms with Gasteiger partial charge in [0, 0.05) is 18.7 Å². The molecule has 0 spiro atoms. The van der Waals surface area contributed by atoms with Gasteiger partial charge in [-0.25, -0.2) is 0 Å². The van der Waals surface area contributed by atoms with Gasteiger partial charge in [0.2, 0.25) is 0 Å². The fourth-order valence-electron chi connectivity index (χ4n) is 1.45. The van der Waals surface area contributed by atoms with Crippen molar-refractivity contribution in [3.8, 4) is 5.75 Å². The minimum Gasteiger partial charge on any atom is -0.507 e. The first-order valence-corrected chi connectivity index (χ1v) is 5.90. The molecule has 0 aliphatic heterocycles. The van der Waals surface area contributed by atoms with Crippen LogP contribution in [0.2, 0.25) is 0 Å². The summed E-state index contributed by atoms with van der Waals surface area (Å²) in [5, 5.41) is 13.1. The number of rotatable bonds is 6. The molecule has 1 N–H and O–H groups in total. The van der Waals surface area contributed by atoms with Crippen LogP contribution in [0, 0.1) is 0 Å². The van der Waals surface area contributed by atoms with Crippen molar-refractivity contribution < 1.29 is 14.7 Å². The number of carbonyl (C=O) groups excluding carboxylic acids is 1. The maximum atomic E-state index is 11.6. The highest BCUT2D eigenvalue weighted by Crippen LogP contribution is 2.12. The second kappa shape index (κ2) is 7.32. The molecule has 0 aliphatic rings. The van der Waals surface area contributed by atoms with Gasteiger partial charge in [-0.05, 0) is 26.0 Å². The van der Waals surface area contributed by atoms with Crippen LogP contribution in [-0.4, -0.2) is 41.8 Å². The molecule has 98 valence electrons. The molecular weight excluding hydrogens is 232 g/mol. The third-order valence-electron chi connectivity index (χ3n) is 2.51. The van der Waals surface area contributed by atoms with E-state index in [9.17, 15) is 9.90 Å². The van der Waals surface area contributed by atoms with Gasteiger partial charge in [-0.1, -0.05) is 17.3 Å². The van der Waals surface area contributed by atoms with Crippen LogP contribution in [0.4, 0.5) is 0 Å². The monoisotopic (exact) mass is 250 g/mol. The minimum atomic E-state index is -0.102. The number of oxime groups is 1. The number of likely N-dealkylation sites (N-methyl/N-ethyl adjacent to an activating group) is 1. The number of amides is 1. The van der Waals surface area contributed by atoms with Gasteiger partial charge in [-0.2, -0.15) is 0 Å². The third-order valence-corrected chi connectivity index (χ3v) is 2.51. The summed E-state index contributed by atoms with van der Waals surface area (Å²) in [5.41, 5.74) is 0.549. The molecular formula is C13H18N2O3. The van der Waals surface area contributed by atoms with Gasteiger partial charge >= 0.3 is 0 Å². The van der Waals surface area contributed by atoms with Crippen molar-refractivity contribution in [2.45, 2.75) is 13.8 Å². The number of carbonyl (C=O) groups is 1. The van der Waals surface area contributed by atoms with Crippen molar-refractivity contribution in [2.24, 2.45) is 5.16 Å². The predicted octanol–water partition coefficient (Wildman–Crippen LogP) is 1.61. The molecule has 0 bridgehead atoms. The van der Waals surface area contributed by atoms with Crippen molar-refractivity contribution in [1.82, 2.24) is 4.90 Å². The maximum Gasteiger partial charge on any atom is 0.263 e. The largest absolute Gasteiger partial charge is 0.507 e. The van der Waals surface area contributed by atoms with E-state index in [1.165, 1.54) is 6.21 Å². The molecule has 1 aromatic carbocycles. The zero-order valence-corrected chi connectivity index (χ0v) is 10.7. The number of aromatic hydroxyl groups is 1. The Hall–Kier alpha value is -2.04. The van der Waals surface area contributed by atoms with Crippen LogP contribution in [0.15, 0.2) is 29.4 Å². The molecule has 0 fully saturated rings. The Kier molecular flexibility index (Phi) is 5.70. The summed E-state index contributed by atoms with van der Waals surface area (Å²) in [7, 11) is 0. The number of phenols is 1. The Bertz CT molecular complexity index is 414. The Morgan fingerprint density at radius 1 is 1.39 bits per heavy atom. The summed E-state index contributed by atoms with van der Waals surface area (Å²) < 4.78 is 0. The Morgan fingerprint density at radius 2 is 2.06 bits per heavy atom. The summed E-state index contributed by atoms with van der Waals surface area (Å²) in [6.07, 6.45) is 1.38. The van der Waals surface area contributed by atoms with Gasteiger partial charge in [-0.15, -0.1) is 0 Å². The van der Waals surface area contributed by atoms with Crippen molar-refractivity contribution in [3.63, 3.8) is 0 Å². The maximum absolute atomic E-state index is 11.6.